The Labute approximate surface area is 178 Å². The van der Waals surface area contributed by atoms with E-state index in [1.54, 1.807) is 12.1 Å². The van der Waals surface area contributed by atoms with Crippen LogP contribution in [0.3, 0.4) is 0 Å². The lowest BCUT2D eigenvalue weighted by molar-refractivity contribution is -0.143. The number of hydrogen-bond donors (Lipinski definition) is 1. The number of carboxylic acid groups (broad SMARTS) is 1. The highest BCUT2D eigenvalue weighted by Gasteiger charge is 2.35. The second-order valence-corrected chi connectivity index (χ2v) is 7.69. The molecule has 1 aliphatic rings. The van der Waals surface area contributed by atoms with Crippen LogP contribution >= 0.6 is 11.6 Å². The van der Waals surface area contributed by atoms with Gasteiger partial charge >= 0.3 is 12.1 Å². The Morgan fingerprint density at radius 2 is 1.83 bits per heavy atom. The largest absolute Gasteiger partial charge is 0.494 e. The van der Waals surface area contributed by atoms with Gasteiger partial charge in [-0.1, -0.05) is 23.7 Å². The van der Waals surface area contributed by atoms with Crippen molar-refractivity contribution in [2.75, 3.05) is 19.7 Å². The lowest BCUT2D eigenvalue weighted by Gasteiger charge is -2.37. The van der Waals surface area contributed by atoms with Gasteiger partial charge in [-0.05, 0) is 74.3 Å². The van der Waals surface area contributed by atoms with E-state index in [9.17, 15) is 23.1 Å². The average molecular weight is 442 g/mol. The van der Waals surface area contributed by atoms with E-state index in [1.165, 1.54) is 6.07 Å². The Balaban J connectivity index is 2.01. The molecule has 162 valence electrons. The third-order valence-electron chi connectivity index (χ3n) is 5.37. The molecule has 8 heteroatoms. The van der Waals surface area contributed by atoms with Crippen molar-refractivity contribution in [1.29, 1.82) is 0 Å². The minimum Gasteiger partial charge on any atom is -0.494 e. The van der Waals surface area contributed by atoms with Crippen molar-refractivity contribution < 1.29 is 27.8 Å². The number of rotatable bonds is 6. The quantitative estimate of drug-likeness (QED) is 0.630. The molecule has 0 aromatic heterocycles. The highest BCUT2D eigenvalue weighted by molar-refractivity contribution is 6.31. The van der Waals surface area contributed by atoms with Gasteiger partial charge in [0.2, 0.25) is 0 Å². The van der Waals surface area contributed by atoms with Gasteiger partial charge in [-0.15, -0.1) is 0 Å². The number of benzene rings is 2. The van der Waals surface area contributed by atoms with Gasteiger partial charge < -0.3 is 9.84 Å². The normalized spacial score (nSPS) is 17.0. The average Bonchev–Trinajstić information content (AvgIpc) is 2.70. The number of carbonyl (C=O) groups is 1. The van der Waals surface area contributed by atoms with Crippen LogP contribution in [0.25, 0.3) is 0 Å². The van der Waals surface area contributed by atoms with E-state index >= 15 is 0 Å². The van der Waals surface area contributed by atoms with Gasteiger partial charge in [0.1, 0.15) is 5.75 Å². The molecule has 30 heavy (non-hydrogen) atoms. The van der Waals surface area contributed by atoms with Crippen LogP contribution in [-0.4, -0.2) is 35.7 Å². The lowest BCUT2D eigenvalue weighted by Crippen LogP contribution is -2.39. The maximum absolute atomic E-state index is 13.3. The number of piperidine rings is 1. The smallest absolute Gasteiger partial charge is 0.416 e. The first kappa shape index (κ1) is 22.4. The molecule has 1 fully saturated rings. The van der Waals surface area contributed by atoms with Crippen molar-refractivity contribution in [2.24, 2.45) is 5.92 Å². The number of likely N-dealkylation sites (tertiary alicyclic amines) is 1. The van der Waals surface area contributed by atoms with Gasteiger partial charge in [-0.25, -0.2) is 0 Å². The summed E-state index contributed by atoms with van der Waals surface area (Å²) >= 11 is 6.36. The molecule has 0 amide bonds. The molecule has 0 bridgehead atoms. The third-order valence-corrected chi connectivity index (χ3v) is 5.71. The zero-order valence-electron chi connectivity index (χ0n) is 16.5. The van der Waals surface area contributed by atoms with Gasteiger partial charge in [0.05, 0.1) is 24.1 Å². The first-order valence-electron chi connectivity index (χ1n) is 9.77. The number of halogens is 4. The Morgan fingerprint density at radius 1 is 1.20 bits per heavy atom. The summed E-state index contributed by atoms with van der Waals surface area (Å²) in [5.74, 6) is -0.622. The van der Waals surface area contributed by atoms with E-state index in [-0.39, 0.29) is 5.02 Å². The summed E-state index contributed by atoms with van der Waals surface area (Å²) in [7, 11) is 0. The molecular formula is C22H23ClF3NO3. The molecule has 4 nitrogen and oxygen atoms in total. The van der Waals surface area contributed by atoms with E-state index in [0.29, 0.717) is 43.9 Å². The Hall–Kier alpha value is -2.25. The topological polar surface area (TPSA) is 49.8 Å². The molecule has 2 aromatic carbocycles. The molecule has 0 radical (unpaired) electrons. The fourth-order valence-corrected chi connectivity index (χ4v) is 4.06. The van der Waals surface area contributed by atoms with Crippen LogP contribution in [0.4, 0.5) is 13.2 Å². The Bertz CT molecular complexity index is 878. The predicted molar refractivity (Wildman–Crippen MR) is 108 cm³/mol. The molecule has 0 spiro atoms. The third kappa shape index (κ3) is 5.08. The van der Waals surface area contributed by atoms with Crippen LogP contribution in [-0.2, 0) is 11.0 Å². The number of hydrogen-bond acceptors (Lipinski definition) is 3. The summed E-state index contributed by atoms with van der Waals surface area (Å²) in [5, 5.41) is 9.51. The van der Waals surface area contributed by atoms with E-state index in [2.05, 4.69) is 0 Å². The second kappa shape index (κ2) is 9.27. The lowest BCUT2D eigenvalue weighted by atomic mass is 9.90. The van der Waals surface area contributed by atoms with Crippen molar-refractivity contribution in [3.63, 3.8) is 0 Å². The van der Waals surface area contributed by atoms with Gasteiger partial charge in [0.15, 0.2) is 0 Å². The highest BCUT2D eigenvalue weighted by atomic mass is 35.5. The van der Waals surface area contributed by atoms with Crippen molar-refractivity contribution >= 4 is 17.6 Å². The van der Waals surface area contributed by atoms with Crippen LogP contribution in [0.15, 0.2) is 42.5 Å². The number of carboxylic acids is 1. The molecule has 2 aromatic rings. The molecule has 1 N–H and O–H groups in total. The standard InChI is InChI=1S/C22H23ClF3NO3/c1-2-30-17-6-3-14(4-7-17)20(27-11-9-15(10-12-27)21(28)29)18-13-16(22(24,25)26)5-8-19(18)23/h3-8,13,15,20H,2,9-12H2,1H3,(H,28,29). The van der Waals surface area contributed by atoms with Gasteiger partial charge in [-0.3, -0.25) is 9.69 Å². The molecule has 1 atom stereocenters. The first-order chi connectivity index (χ1) is 14.2. The molecular weight excluding hydrogens is 419 g/mol. The van der Waals surface area contributed by atoms with E-state index in [4.69, 9.17) is 16.3 Å². The fourth-order valence-electron chi connectivity index (χ4n) is 3.83. The maximum Gasteiger partial charge on any atom is 0.416 e. The SMILES string of the molecule is CCOc1ccc(C(c2cc(C(F)(F)F)ccc2Cl)N2CCC(C(=O)O)CC2)cc1. The molecule has 3 rings (SSSR count). The number of alkyl halides is 3. The van der Waals surface area contributed by atoms with Crippen LogP contribution in [0.2, 0.25) is 5.02 Å². The van der Waals surface area contributed by atoms with Crippen molar-refractivity contribution in [3.05, 3.63) is 64.2 Å². The fraction of sp³-hybridized carbons (Fsp3) is 0.409. The summed E-state index contributed by atoms with van der Waals surface area (Å²) in [6.07, 6.45) is -3.63. The number of nitrogens with zero attached hydrogens (tertiary/aromatic N) is 1. The monoisotopic (exact) mass is 441 g/mol. The minimum atomic E-state index is -4.49. The van der Waals surface area contributed by atoms with Gasteiger partial charge in [0, 0.05) is 5.02 Å². The number of ether oxygens (including phenoxy) is 1. The van der Waals surface area contributed by atoms with Crippen LogP contribution < -0.4 is 4.74 Å². The predicted octanol–water partition coefficient (Wildman–Crippen LogP) is 5.64. The van der Waals surface area contributed by atoms with Crippen LogP contribution in [0.1, 0.15) is 42.5 Å². The second-order valence-electron chi connectivity index (χ2n) is 7.29. The van der Waals surface area contributed by atoms with Crippen molar-refractivity contribution in [1.82, 2.24) is 4.90 Å². The number of aliphatic carboxylic acids is 1. The minimum absolute atomic E-state index is 0.238. The molecule has 0 aliphatic carbocycles. The summed E-state index contributed by atoms with van der Waals surface area (Å²) in [4.78, 5) is 13.3. The molecule has 0 saturated carbocycles. The van der Waals surface area contributed by atoms with Crippen molar-refractivity contribution in [2.45, 2.75) is 32.0 Å². The van der Waals surface area contributed by atoms with Gasteiger partial charge in [-0.2, -0.15) is 13.2 Å². The zero-order chi connectivity index (χ0) is 21.9. The highest BCUT2D eigenvalue weighted by Crippen LogP contribution is 2.39. The molecule has 1 heterocycles. The van der Waals surface area contributed by atoms with Crippen LogP contribution in [0, 0.1) is 5.92 Å². The maximum atomic E-state index is 13.3. The summed E-state index contributed by atoms with van der Waals surface area (Å²) in [6.45, 7) is 3.26. The first-order valence-corrected chi connectivity index (χ1v) is 10.1. The van der Waals surface area contributed by atoms with E-state index in [0.717, 1.165) is 17.7 Å². The summed E-state index contributed by atoms with van der Waals surface area (Å²) in [5.41, 5.74) is 0.358. The summed E-state index contributed by atoms with van der Waals surface area (Å²) < 4.78 is 45.5. The molecule has 1 aliphatic heterocycles. The Kier molecular flexibility index (Phi) is 6.93. The van der Waals surface area contributed by atoms with E-state index < -0.39 is 29.7 Å². The Morgan fingerprint density at radius 3 is 2.37 bits per heavy atom. The molecule has 1 unspecified atom stereocenters. The van der Waals surface area contributed by atoms with Crippen LogP contribution in [0.5, 0.6) is 5.75 Å². The van der Waals surface area contributed by atoms with E-state index in [1.807, 2.05) is 24.0 Å². The zero-order valence-corrected chi connectivity index (χ0v) is 17.2. The van der Waals surface area contributed by atoms with Crippen molar-refractivity contribution in [3.8, 4) is 5.75 Å². The van der Waals surface area contributed by atoms with Gasteiger partial charge in [0.25, 0.3) is 0 Å². The summed E-state index contributed by atoms with van der Waals surface area (Å²) in [6, 6.07) is 9.99. The molecule has 1 saturated heterocycles.